The molecule has 0 aromatic heterocycles. The fraction of sp³-hybridized carbons (Fsp3) is 0.444. The van der Waals surface area contributed by atoms with E-state index in [1.807, 2.05) is 32.0 Å². The first kappa shape index (κ1) is 15.8. The average Bonchev–Trinajstić information content (AvgIpc) is 2.79. The summed E-state index contributed by atoms with van der Waals surface area (Å²) in [6.45, 7) is 8.40. The van der Waals surface area contributed by atoms with Gasteiger partial charge in [0.2, 0.25) is 0 Å². The van der Waals surface area contributed by atoms with Crippen molar-refractivity contribution < 1.29 is 9.47 Å². The molecular formula is C18H23NO2. The van der Waals surface area contributed by atoms with Gasteiger partial charge in [-0.3, -0.25) is 0 Å². The molecule has 1 N–H and O–H groups in total. The van der Waals surface area contributed by atoms with E-state index in [1.165, 1.54) is 5.56 Å². The van der Waals surface area contributed by atoms with Crippen LogP contribution in [0.3, 0.4) is 0 Å². The lowest BCUT2D eigenvalue weighted by Crippen LogP contribution is -2.44. The molecule has 0 spiro atoms. The second-order valence-electron chi connectivity index (χ2n) is 5.68. The predicted octanol–water partition coefficient (Wildman–Crippen LogP) is 2.87. The number of ether oxygens (including phenoxy) is 2. The Morgan fingerprint density at radius 1 is 1.38 bits per heavy atom. The standard InChI is InChI=1S/C18H23NO2/c1-5-10-15(19-13-14-11-8-7-9-12-14)17-16(6-2)20-18(3,4)21-17/h1,6-9,11-12,15-17,19H,2,10,13H2,3-4H3/t15-,16+,17-/m0/s1. The van der Waals surface area contributed by atoms with Crippen LogP contribution in [0.1, 0.15) is 25.8 Å². The highest BCUT2D eigenvalue weighted by molar-refractivity contribution is 5.15. The highest BCUT2D eigenvalue weighted by Gasteiger charge is 2.43. The topological polar surface area (TPSA) is 30.5 Å². The molecule has 0 saturated carbocycles. The average molecular weight is 285 g/mol. The van der Waals surface area contributed by atoms with Gasteiger partial charge in [-0.1, -0.05) is 36.4 Å². The second-order valence-corrected chi connectivity index (χ2v) is 5.68. The monoisotopic (exact) mass is 285 g/mol. The van der Waals surface area contributed by atoms with Crippen LogP contribution in [0.5, 0.6) is 0 Å². The summed E-state index contributed by atoms with van der Waals surface area (Å²) in [4.78, 5) is 0. The molecule has 3 nitrogen and oxygen atoms in total. The Morgan fingerprint density at radius 3 is 2.71 bits per heavy atom. The van der Waals surface area contributed by atoms with Crippen LogP contribution >= 0.6 is 0 Å². The highest BCUT2D eigenvalue weighted by atomic mass is 16.8. The van der Waals surface area contributed by atoms with Gasteiger partial charge in [0.25, 0.3) is 0 Å². The Kier molecular flexibility index (Phi) is 5.19. The molecule has 3 atom stereocenters. The van der Waals surface area contributed by atoms with Crippen molar-refractivity contribution in [2.24, 2.45) is 0 Å². The molecule has 0 aliphatic carbocycles. The van der Waals surface area contributed by atoms with Crippen molar-refractivity contribution in [3.8, 4) is 12.3 Å². The normalized spacial score (nSPS) is 25.2. The summed E-state index contributed by atoms with van der Waals surface area (Å²) in [7, 11) is 0. The Morgan fingerprint density at radius 2 is 2.10 bits per heavy atom. The van der Waals surface area contributed by atoms with E-state index in [9.17, 15) is 0 Å². The number of benzene rings is 1. The van der Waals surface area contributed by atoms with Crippen LogP contribution in [0.15, 0.2) is 43.0 Å². The summed E-state index contributed by atoms with van der Waals surface area (Å²) in [5.74, 6) is 2.11. The molecule has 0 amide bonds. The van der Waals surface area contributed by atoms with Gasteiger partial charge in [0.1, 0.15) is 12.2 Å². The lowest BCUT2D eigenvalue weighted by atomic mass is 10.0. The van der Waals surface area contributed by atoms with Crippen LogP contribution in [0.4, 0.5) is 0 Å². The van der Waals surface area contributed by atoms with E-state index in [4.69, 9.17) is 15.9 Å². The van der Waals surface area contributed by atoms with Crippen LogP contribution in [0.25, 0.3) is 0 Å². The number of terminal acetylenes is 1. The third-order valence-electron chi connectivity index (χ3n) is 3.54. The van der Waals surface area contributed by atoms with Crippen molar-refractivity contribution in [1.29, 1.82) is 0 Å². The van der Waals surface area contributed by atoms with Crippen molar-refractivity contribution in [1.82, 2.24) is 5.32 Å². The summed E-state index contributed by atoms with van der Waals surface area (Å²) in [6.07, 6.45) is 7.60. The molecule has 1 aromatic carbocycles. The molecule has 3 heteroatoms. The van der Waals surface area contributed by atoms with Gasteiger partial charge in [0.05, 0.1) is 0 Å². The number of hydrogen-bond acceptors (Lipinski definition) is 3. The van der Waals surface area contributed by atoms with E-state index in [1.54, 1.807) is 6.08 Å². The summed E-state index contributed by atoms with van der Waals surface area (Å²) in [6, 6.07) is 10.3. The van der Waals surface area contributed by atoms with Gasteiger partial charge in [0, 0.05) is 19.0 Å². The fourth-order valence-electron chi connectivity index (χ4n) is 2.59. The molecule has 112 valence electrons. The molecule has 1 fully saturated rings. The third-order valence-corrected chi connectivity index (χ3v) is 3.54. The first-order valence-corrected chi connectivity index (χ1v) is 7.24. The minimum atomic E-state index is -0.606. The predicted molar refractivity (Wildman–Crippen MR) is 84.5 cm³/mol. The molecule has 1 aliphatic rings. The quantitative estimate of drug-likeness (QED) is 0.644. The van der Waals surface area contributed by atoms with Gasteiger partial charge < -0.3 is 14.8 Å². The highest BCUT2D eigenvalue weighted by Crippen LogP contribution is 2.31. The van der Waals surface area contributed by atoms with Crippen molar-refractivity contribution in [3.63, 3.8) is 0 Å². The Balaban J connectivity index is 2.04. The Labute approximate surface area is 127 Å². The lowest BCUT2D eigenvalue weighted by Gasteiger charge is -2.25. The Hall–Kier alpha value is -1.60. The van der Waals surface area contributed by atoms with Gasteiger partial charge >= 0.3 is 0 Å². The summed E-state index contributed by atoms with van der Waals surface area (Å²) in [5.41, 5.74) is 1.22. The van der Waals surface area contributed by atoms with Crippen LogP contribution in [0, 0.1) is 12.3 Å². The van der Waals surface area contributed by atoms with E-state index in [0.29, 0.717) is 6.42 Å². The largest absolute Gasteiger partial charge is 0.343 e. The Bertz CT molecular complexity index is 504. The SMILES string of the molecule is C#CC[C@H](NCc1ccccc1)[C@@H]1OC(C)(C)O[C@@H]1C=C. The zero-order chi connectivity index (χ0) is 15.3. The van der Waals surface area contributed by atoms with Gasteiger partial charge in [-0.05, 0) is 19.4 Å². The van der Waals surface area contributed by atoms with E-state index >= 15 is 0 Å². The van der Waals surface area contributed by atoms with Crippen LogP contribution in [-0.4, -0.2) is 24.0 Å². The third kappa shape index (κ3) is 4.18. The first-order chi connectivity index (χ1) is 10.1. The van der Waals surface area contributed by atoms with E-state index < -0.39 is 5.79 Å². The molecule has 0 radical (unpaired) electrons. The maximum Gasteiger partial charge on any atom is 0.164 e. The molecule has 0 bridgehead atoms. The van der Waals surface area contributed by atoms with Gasteiger partial charge in [-0.2, -0.15) is 0 Å². The molecule has 0 unspecified atom stereocenters. The minimum Gasteiger partial charge on any atom is -0.343 e. The summed E-state index contributed by atoms with van der Waals surface area (Å²) in [5, 5.41) is 3.49. The molecule has 1 saturated heterocycles. The molecule has 1 heterocycles. The maximum absolute atomic E-state index is 6.00. The van der Waals surface area contributed by atoms with E-state index in [2.05, 4.69) is 29.9 Å². The number of rotatable bonds is 6. The number of hydrogen-bond donors (Lipinski definition) is 1. The van der Waals surface area contributed by atoms with Crippen LogP contribution in [-0.2, 0) is 16.0 Å². The van der Waals surface area contributed by atoms with E-state index in [0.717, 1.165) is 6.54 Å². The first-order valence-electron chi connectivity index (χ1n) is 7.24. The smallest absolute Gasteiger partial charge is 0.164 e. The molecule has 2 rings (SSSR count). The van der Waals surface area contributed by atoms with Crippen LogP contribution < -0.4 is 5.32 Å². The fourth-order valence-corrected chi connectivity index (χ4v) is 2.59. The molecular weight excluding hydrogens is 262 g/mol. The summed E-state index contributed by atoms with van der Waals surface area (Å²) >= 11 is 0. The molecule has 21 heavy (non-hydrogen) atoms. The molecule has 1 aromatic rings. The zero-order valence-electron chi connectivity index (χ0n) is 12.7. The maximum atomic E-state index is 6.00. The zero-order valence-corrected chi connectivity index (χ0v) is 12.7. The minimum absolute atomic E-state index is 0.0278. The molecule has 1 aliphatic heterocycles. The van der Waals surface area contributed by atoms with Gasteiger partial charge in [-0.15, -0.1) is 18.9 Å². The van der Waals surface area contributed by atoms with E-state index in [-0.39, 0.29) is 18.2 Å². The van der Waals surface area contributed by atoms with Crippen molar-refractivity contribution in [2.75, 3.05) is 0 Å². The van der Waals surface area contributed by atoms with Crippen LogP contribution in [0.2, 0.25) is 0 Å². The van der Waals surface area contributed by atoms with Crippen molar-refractivity contribution in [3.05, 3.63) is 48.6 Å². The number of nitrogens with one attached hydrogen (secondary N) is 1. The lowest BCUT2D eigenvalue weighted by molar-refractivity contribution is -0.145. The van der Waals surface area contributed by atoms with Gasteiger partial charge in [-0.25, -0.2) is 0 Å². The summed E-state index contributed by atoms with van der Waals surface area (Å²) < 4.78 is 11.8. The van der Waals surface area contributed by atoms with Gasteiger partial charge in [0.15, 0.2) is 5.79 Å². The van der Waals surface area contributed by atoms with Crippen molar-refractivity contribution >= 4 is 0 Å². The van der Waals surface area contributed by atoms with Crippen molar-refractivity contribution in [2.45, 2.75) is 50.8 Å². The second kappa shape index (κ2) is 6.91.